The van der Waals surface area contributed by atoms with Crippen molar-refractivity contribution in [1.29, 1.82) is 0 Å². The normalized spacial score (nSPS) is 17.5. The molecular formula is C18H28N4O3S. The first kappa shape index (κ1) is 20.4. The third-order valence-corrected chi connectivity index (χ3v) is 5.09. The van der Waals surface area contributed by atoms with Crippen LogP contribution >= 0.6 is 11.3 Å². The first-order valence-corrected chi connectivity index (χ1v) is 9.97. The molecule has 2 rings (SSSR count). The van der Waals surface area contributed by atoms with E-state index in [1.165, 1.54) is 11.3 Å². The van der Waals surface area contributed by atoms with E-state index >= 15 is 0 Å². The van der Waals surface area contributed by atoms with Crippen molar-refractivity contribution >= 4 is 34.2 Å². The molecule has 2 N–H and O–H groups in total. The van der Waals surface area contributed by atoms with Crippen LogP contribution in [0.5, 0.6) is 0 Å². The number of carbonyl (C=O) groups is 3. The maximum atomic E-state index is 12.6. The second-order valence-electron chi connectivity index (χ2n) is 7.31. The smallest absolute Gasteiger partial charge is 0.228 e. The van der Waals surface area contributed by atoms with Crippen LogP contribution in [0.25, 0.3) is 0 Å². The molecule has 1 atom stereocenters. The highest BCUT2D eigenvalue weighted by atomic mass is 32.1. The topological polar surface area (TPSA) is 91.4 Å². The van der Waals surface area contributed by atoms with Crippen LogP contribution in [0.2, 0.25) is 0 Å². The number of nitrogens with zero attached hydrogens (tertiary/aromatic N) is 2. The van der Waals surface area contributed by atoms with Gasteiger partial charge in [0.05, 0.1) is 12.1 Å². The van der Waals surface area contributed by atoms with Crippen molar-refractivity contribution in [3.8, 4) is 0 Å². The van der Waals surface area contributed by atoms with Gasteiger partial charge in [0.15, 0.2) is 5.13 Å². The molecule has 0 aromatic carbocycles. The molecule has 0 spiro atoms. The van der Waals surface area contributed by atoms with Gasteiger partial charge in [-0.05, 0) is 12.8 Å². The number of hydrogen-bond acceptors (Lipinski definition) is 5. The summed E-state index contributed by atoms with van der Waals surface area (Å²) in [7, 11) is 0. The summed E-state index contributed by atoms with van der Waals surface area (Å²) in [5, 5.41) is 8.08. The highest BCUT2D eigenvalue weighted by molar-refractivity contribution is 7.13. The Hall–Kier alpha value is -1.96. The maximum Gasteiger partial charge on any atom is 0.228 e. The van der Waals surface area contributed by atoms with Gasteiger partial charge >= 0.3 is 0 Å². The van der Waals surface area contributed by atoms with Gasteiger partial charge in [0, 0.05) is 36.3 Å². The fourth-order valence-corrected chi connectivity index (χ4v) is 3.36. The van der Waals surface area contributed by atoms with E-state index in [0.717, 1.165) is 12.8 Å². The van der Waals surface area contributed by atoms with Crippen molar-refractivity contribution < 1.29 is 14.4 Å². The lowest BCUT2D eigenvalue weighted by Crippen LogP contribution is -2.50. The van der Waals surface area contributed by atoms with E-state index in [9.17, 15) is 14.4 Å². The second kappa shape index (κ2) is 9.12. The van der Waals surface area contributed by atoms with Gasteiger partial charge in [-0.25, -0.2) is 4.98 Å². The number of hydrogen-bond donors (Lipinski definition) is 2. The Morgan fingerprint density at radius 3 is 2.58 bits per heavy atom. The van der Waals surface area contributed by atoms with E-state index in [0.29, 0.717) is 23.9 Å². The maximum absolute atomic E-state index is 12.6. The molecule has 1 unspecified atom stereocenters. The van der Waals surface area contributed by atoms with Gasteiger partial charge in [-0.3, -0.25) is 14.4 Å². The minimum atomic E-state index is -0.115. The predicted molar refractivity (Wildman–Crippen MR) is 102 cm³/mol. The second-order valence-corrected chi connectivity index (χ2v) is 8.17. The molecule has 8 heteroatoms. The lowest BCUT2D eigenvalue weighted by Gasteiger charge is -2.33. The van der Waals surface area contributed by atoms with E-state index in [2.05, 4.69) is 15.6 Å². The van der Waals surface area contributed by atoms with E-state index in [4.69, 9.17) is 0 Å². The summed E-state index contributed by atoms with van der Waals surface area (Å²) in [6.07, 6.45) is 1.98. The van der Waals surface area contributed by atoms with Crippen LogP contribution in [-0.2, 0) is 20.8 Å². The fraction of sp³-hybridized carbons (Fsp3) is 0.667. The number of carbonyl (C=O) groups excluding carboxylic acids is 3. The van der Waals surface area contributed by atoms with Gasteiger partial charge in [0.1, 0.15) is 0 Å². The number of thiazole rings is 1. The van der Waals surface area contributed by atoms with E-state index in [-0.39, 0.29) is 42.0 Å². The molecule has 0 radical (unpaired) electrons. The van der Waals surface area contributed by atoms with Crippen LogP contribution in [0, 0.1) is 11.8 Å². The average Bonchev–Trinajstić information content (AvgIpc) is 3.01. The molecule has 3 amide bonds. The summed E-state index contributed by atoms with van der Waals surface area (Å²) in [5.41, 5.74) is 0.660. The summed E-state index contributed by atoms with van der Waals surface area (Å²) in [6, 6.07) is 0.0129. The molecule has 1 aromatic heterocycles. The zero-order valence-electron chi connectivity index (χ0n) is 15.9. The lowest BCUT2D eigenvalue weighted by atomic mass is 10.0. The standard InChI is InChI=1S/C18H28N4O3S/c1-11(2)16(24)19-13-6-5-7-22(9-13)15(23)8-14-10-26-18(20-14)21-17(25)12(3)4/h10-13H,5-9H2,1-4H3,(H,19,24)(H,20,21,25). The average molecular weight is 381 g/mol. The first-order chi connectivity index (χ1) is 12.3. The summed E-state index contributed by atoms with van der Waals surface area (Å²) in [5.74, 6) is -0.238. The van der Waals surface area contributed by atoms with Crippen LogP contribution in [0.3, 0.4) is 0 Å². The van der Waals surface area contributed by atoms with Gasteiger partial charge in [-0.15, -0.1) is 11.3 Å². The Bertz CT molecular complexity index is 657. The molecule has 144 valence electrons. The molecule has 1 saturated heterocycles. The molecule has 1 fully saturated rings. The third-order valence-electron chi connectivity index (χ3n) is 4.28. The van der Waals surface area contributed by atoms with E-state index in [1.54, 1.807) is 10.3 Å². The number of aromatic nitrogens is 1. The van der Waals surface area contributed by atoms with Crippen LogP contribution in [-0.4, -0.2) is 46.7 Å². The third kappa shape index (κ3) is 5.79. The zero-order valence-corrected chi connectivity index (χ0v) is 16.7. The summed E-state index contributed by atoms with van der Waals surface area (Å²) < 4.78 is 0. The monoisotopic (exact) mass is 380 g/mol. The van der Waals surface area contributed by atoms with Crippen LogP contribution < -0.4 is 10.6 Å². The Labute approximate surface area is 158 Å². The molecule has 1 aliphatic heterocycles. The predicted octanol–water partition coefficient (Wildman–Crippen LogP) is 2.04. The molecule has 2 heterocycles. The van der Waals surface area contributed by atoms with Crippen LogP contribution in [0.4, 0.5) is 5.13 Å². The number of nitrogens with one attached hydrogen (secondary N) is 2. The van der Waals surface area contributed by atoms with E-state index < -0.39 is 0 Å². The number of amides is 3. The molecule has 1 aliphatic rings. The van der Waals surface area contributed by atoms with Gasteiger partial charge in [-0.1, -0.05) is 27.7 Å². The molecule has 26 heavy (non-hydrogen) atoms. The van der Waals surface area contributed by atoms with Crippen LogP contribution in [0.15, 0.2) is 5.38 Å². The van der Waals surface area contributed by atoms with Crippen molar-refractivity contribution in [3.05, 3.63) is 11.1 Å². The molecule has 0 bridgehead atoms. The zero-order chi connectivity index (χ0) is 19.3. The van der Waals surface area contributed by atoms with Crippen molar-refractivity contribution in [2.24, 2.45) is 11.8 Å². The molecule has 0 aliphatic carbocycles. The number of rotatable bonds is 6. The number of anilines is 1. The quantitative estimate of drug-likeness (QED) is 0.790. The molecule has 7 nitrogen and oxygen atoms in total. The van der Waals surface area contributed by atoms with Crippen molar-refractivity contribution in [1.82, 2.24) is 15.2 Å². The highest BCUT2D eigenvalue weighted by Crippen LogP contribution is 2.18. The number of likely N-dealkylation sites (tertiary alicyclic amines) is 1. The molecule has 0 saturated carbocycles. The lowest BCUT2D eigenvalue weighted by molar-refractivity contribution is -0.133. The Morgan fingerprint density at radius 1 is 1.23 bits per heavy atom. The van der Waals surface area contributed by atoms with Gasteiger partial charge in [0.25, 0.3) is 0 Å². The molecule has 1 aromatic rings. The minimum absolute atomic E-state index is 0.000493. The molecular weight excluding hydrogens is 352 g/mol. The number of piperidine rings is 1. The van der Waals surface area contributed by atoms with Crippen molar-refractivity contribution in [2.75, 3.05) is 18.4 Å². The Morgan fingerprint density at radius 2 is 1.92 bits per heavy atom. The van der Waals surface area contributed by atoms with E-state index in [1.807, 2.05) is 27.7 Å². The Kier molecular flexibility index (Phi) is 7.14. The first-order valence-electron chi connectivity index (χ1n) is 9.09. The Balaban J connectivity index is 1.88. The van der Waals surface area contributed by atoms with Crippen molar-refractivity contribution in [2.45, 2.75) is 53.0 Å². The summed E-state index contributed by atoms with van der Waals surface area (Å²) in [6.45, 7) is 8.60. The SMILES string of the molecule is CC(C)C(=O)Nc1nc(CC(=O)N2CCCC(NC(=O)C(C)C)C2)cs1. The fourth-order valence-electron chi connectivity index (χ4n) is 2.65. The van der Waals surface area contributed by atoms with Gasteiger partial charge in [-0.2, -0.15) is 0 Å². The van der Waals surface area contributed by atoms with Crippen LogP contribution in [0.1, 0.15) is 46.2 Å². The van der Waals surface area contributed by atoms with Gasteiger partial charge < -0.3 is 15.5 Å². The summed E-state index contributed by atoms with van der Waals surface area (Å²) >= 11 is 1.33. The van der Waals surface area contributed by atoms with Gasteiger partial charge in [0.2, 0.25) is 17.7 Å². The highest BCUT2D eigenvalue weighted by Gasteiger charge is 2.25. The minimum Gasteiger partial charge on any atom is -0.351 e. The largest absolute Gasteiger partial charge is 0.351 e. The van der Waals surface area contributed by atoms with Crippen molar-refractivity contribution in [3.63, 3.8) is 0 Å². The summed E-state index contributed by atoms with van der Waals surface area (Å²) in [4.78, 5) is 42.3.